The molecule has 0 fully saturated rings. The van der Waals surface area contributed by atoms with E-state index < -0.39 is 5.82 Å². The lowest BCUT2D eigenvalue weighted by atomic mass is 10.1. The van der Waals surface area contributed by atoms with Gasteiger partial charge in [0.15, 0.2) is 0 Å². The summed E-state index contributed by atoms with van der Waals surface area (Å²) >= 11 is 10.7. The lowest BCUT2D eigenvalue weighted by Crippen LogP contribution is -1.86. The van der Waals surface area contributed by atoms with E-state index >= 15 is 0 Å². The zero-order valence-corrected chi connectivity index (χ0v) is 12.1. The molecule has 1 aromatic heterocycles. The second-order valence-electron chi connectivity index (χ2n) is 3.41. The molecule has 0 atom stereocenters. The van der Waals surface area contributed by atoms with Crippen molar-refractivity contribution in [3.63, 3.8) is 0 Å². The molecular weight excluding hydrogens is 337 g/mol. The molecule has 0 radical (unpaired) electrons. The molecule has 0 bridgehead atoms. The molecule has 0 aliphatic rings. The van der Waals surface area contributed by atoms with Crippen LogP contribution in [0.15, 0.2) is 40.2 Å². The first-order valence-electron chi connectivity index (χ1n) is 4.92. The third-order valence-corrected chi connectivity index (χ3v) is 4.21. The monoisotopic (exact) mass is 341 g/mol. The first-order chi connectivity index (χ1) is 8.63. The summed E-state index contributed by atoms with van der Waals surface area (Å²) in [5, 5.41) is 11.3. The van der Waals surface area contributed by atoms with Crippen LogP contribution in [0.25, 0.3) is 10.6 Å². The molecule has 1 heterocycles. The van der Waals surface area contributed by atoms with Gasteiger partial charge in [0.2, 0.25) is 0 Å². The first kappa shape index (κ1) is 13.3. The Kier molecular flexibility index (Phi) is 4.18. The maximum Gasteiger partial charge on any atom is 0.138 e. The van der Waals surface area contributed by atoms with Crippen molar-refractivity contribution < 1.29 is 4.39 Å². The maximum absolute atomic E-state index is 13.4. The third-order valence-electron chi connectivity index (χ3n) is 2.27. The van der Waals surface area contributed by atoms with Crippen LogP contribution in [0, 0.1) is 17.1 Å². The van der Waals surface area contributed by atoms with Crippen molar-refractivity contribution in [2.75, 3.05) is 0 Å². The van der Waals surface area contributed by atoms with E-state index in [1.165, 1.54) is 17.4 Å². The number of rotatable bonds is 2. The molecule has 1 nitrogen and oxygen atoms in total. The average molecular weight is 343 g/mol. The van der Waals surface area contributed by atoms with E-state index in [2.05, 4.69) is 22.0 Å². The molecule has 0 aliphatic heterocycles. The minimum absolute atomic E-state index is 0.256. The van der Waals surface area contributed by atoms with Crippen LogP contribution in [0.5, 0.6) is 0 Å². The fourth-order valence-electron chi connectivity index (χ4n) is 1.41. The highest BCUT2D eigenvalue weighted by molar-refractivity contribution is 9.10. The second kappa shape index (κ2) is 5.66. The Hall–Kier alpha value is -1.15. The Morgan fingerprint density at radius 3 is 2.72 bits per heavy atom. The number of hydrogen-bond donors (Lipinski definition) is 0. The van der Waals surface area contributed by atoms with Crippen molar-refractivity contribution in [3.05, 3.63) is 56.4 Å². The van der Waals surface area contributed by atoms with Gasteiger partial charge in [-0.2, -0.15) is 5.26 Å². The van der Waals surface area contributed by atoms with E-state index in [9.17, 15) is 4.39 Å². The third kappa shape index (κ3) is 2.64. The second-order valence-corrected chi connectivity index (χ2v) is 5.59. The van der Waals surface area contributed by atoms with Gasteiger partial charge in [-0.3, -0.25) is 0 Å². The van der Waals surface area contributed by atoms with Crippen molar-refractivity contribution in [2.24, 2.45) is 0 Å². The van der Waals surface area contributed by atoms with Gasteiger partial charge in [0, 0.05) is 4.88 Å². The lowest BCUT2D eigenvalue weighted by Gasteiger charge is -2.03. The van der Waals surface area contributed by atoms with Gasteiger partial charge in [-0.05, 0) is 45.1 Å². The molecule has 0 saturated heterocycles. The van der Waals surface area contributed by atoms with E-state index in [1.54, 1.807) is 18.2 Å². The van der Waals surface area contributed by atoms with Crippen LogP contribution in [-0.2, 0) is 0 Å². The quantitative estimate of drug-likeness (QED) is 0.681. The van der Waals surface area contributed by atoms with Crippen molar-refractivity contribution in [1.29, 1.82) is 5.26 Å². The number of nitriles is 1. The summed E-state index contributed by atoms with van der Waals surface area (Å²) in [5.74, 6) is -0.408. The van der Waals surface area contributed by atoms with Gasteiger partial charge < -0.3 is 0 Å². The molecule has 0 amide bonds. The van der Waals surface area contributed by atoms with Gasteiger partial charge in [-0.25, -0.2) is 4.39 Å². The predicted molar refractivity (Wildman–Crippen MR) is 76.7 cm³/mol. The molecule has 18 heavy (non-hydrogen) atoms. The molecule has 0 unspecified atom stereocenters. The topological polar surface area (TPSA) is 23.8 Å². The molecule has 2 aromatic rings. The minimum Gasteiger partial charge on any atom is -0.206 e. The summed E-state index contributed by atoms with van der Waals surface area (Å²) in [6.45, 7) is 0. The lowest BCUT2D eigenvalue weighted by molar-refractivity contribution is 0.621. The van der Waals surface area contributed by atoms with Gasteiger partial charge in [0.1, 0.15) is 11.9 Å². The Morgan fingerprint density at radius 2 is 2.17 bits per heavy atom. The zero-order valence-electron chi connectivity index (χ0n) is 8.95. The number of halogens is 3. The fourth-order valence-corrected chi connectivity index (χ4v) is 2.70. The summed E-state index contributed by atoms with van der Waals surface area (Å²) in [4.78, 5) is 0.769. The van der Waals surface area contributed by atoms with Crippen LogP contribution in [-0.4, -0.2) is 0 Å². The van der Waals surface area contributed by atoms with Gasteiger partial charge in [0.05, 0.1) is 15.1 Å². The Labute approximate surface area is 121 Å². The van der Waals surface area contributed by atoms with Crippen molar-refractivity contribution >= 4 is 49.5 Å². The molecule has 5 heteroatoms. The Bertz CT molecular complexity index is 644. The van der Waals surface area contributed by atoms with Crippen molar-refractivity contribution in [1.82, 2.24) is 0 Å². The van der Waals surface area contributed by atoms with E-state index in [4.69, 9.17) is 16.9 Å². The summed E-state index contributed by atoms with van der Waals surface area (Å²) in [6.07, 6.45) is 0. The summed E-state index contributed by atoms with van der Waals surface area (Å²) in [7, 11) is 0. The standard InChI is InChI=1S/C13H6BrClFNS/c14-10-4-3-8(6-11(10)16)13(15)9(7-17)12-2-1-5-18-12/h1-6H. The highest BCUT2D eigenvalue weighted by Gasteiger charge is 2.11. The maximum atomic E-state index is 13.4. The summed E-state index contributed by atoms with van der Waals surface area (Å²) in [5.41, 5.74) is 0.843. The highest BCUT2D eigenvalue weighted by Crippen LogP contribution is 2.32. The zero-order chi connectivity index (χ0) is 13.1. The van der Waals surface area contributed by atoms with E-state index in [1.807, 2.05) is 11.4 Å². The Morgan fingerprint density at radius 1 is 1.39 bits per heavy atom. The number of hydrogen-bond acceptors (Lipinski definition) is 2. The fraction of sp³-hybridized carbons (Fsp3) is 0. The molecule has 0 N–H and O–H groups in total. The van der Waals surface area contributed by atoms with Crippen LogP contribution in [0.1, 0.15) is 10.4 Å². The molecule has 1 aromatic carbocycles. The largest absolute Gasteiger partial charge is 0.206 e. The normalized spacial score (nSPS) is 11.9. The van der Waals surface area contributed by atoms with E-state index in [0.717, 1.165) is 4.88 Å². The van der Waals surface area contributed by atoms with Crippen molar-refractivity contribution in [2.45, 2.75) is 0 Å². The molecule has 0 spiro atoms. The van der Waals surface area contributed by atoms with Gasteiger partial charge in [0.25, 0.3) is 0 Å². The molecule has 0 aliphatic carbocycles. The molecule has 90 valence electrons. The average Bonchev–Trinajstić information content (AvgIpc) is 2.87. The van der Waals surface area contributed by atoms with Crippen molar-refractivity contribution in [3.8, 4) is 6.07 Å². The van der Waals surface area contributed by atoms with Crippen LogP contribution in [0.2, 0.25) is 0 Å². The van der Waals surface area contributed by atoms with Crippen LogP contribution >= 0.6 is 38.9 Å². The van der Waals surface area contributed by atoms with Gasteiger partial charge in [-0.1, -0.05) is 23.7 Å². The number of allylic oxidation sites excluding steroid dienone is 1. The van der Waals surface area contributed by atoms with Gasteiger partial charge >= 0.3 is 0 Å². The molecular formula is C13H6BrClFNS. The van der Waals surface area contributed by atoms with Crippen LogP contribution < -0.4 is 0 Å². The number of benzene rings is 1. The SMILES string of the molecule is N#CC(=C(Cl)c1ccc(Br)c(F)c1)c1cccs1. The summed E-state index contributed by atoms with van der Waals surface area (Å²) < 4.78 is 13.8. The van der Waals surface area contributed by atoms with E-state index in [0.29, 0.717) is 15.6 Å². The Balaban J connectivity index is 2.54. The number of thiophene rings is 1. The van der Waals surface area contributed by atoms with Gasteiger partial charge in [-0.15, -0.1) is 11.3 Å². The van der Waals surface area contributed by atoms with Crippen LogP contribution in [0.3, 0.4) is 0 Å². The first-order valence-corrected chi connectivity index (χ1v) is 6.97. The summed E-state index contributed by atoms with van der Waals surface area (Å²) in [6, 6.07) is 10.2. The molecule has 2 rings (SSSR count). The highest BCUT2D eigenvalue weighted by atomic mass is 79.9. The van der Waals surface area contributed by atoms with Crippen LogP contribution in [0.4, 0.5) is 4.39 Å². The molecule has 0 saturated carbocycles. The smallest absolute Gasteiger partial charge is 0.138 e. The predicted octanol–water partition coefficient (Wildman–Crippen LogP) is 5.28. The minimum atomic E-state index is -0.408. The van der Waals surface area contributed by atoms with E-state index in [-0.39, 0.29) is 5.03 Å². The number of nitrogens with zero attached hydrogens (tertiary/aromatic N) is 1.